The molecule has 0 fully saturated rings. The van der Waals surface area contributed by atoms with Crippen LogP contribution >= 0.6 is 0 Å². The fraction of sp³-hybridized carbons (Fsp3) is 0.708. The zero-order valence-corrected chi connectivity index (χ0v) is 36.1. The second-order valence-corrected chi connectivity index (χ2v) is 15.1. The molecule has 0 spiro atoms. The summed E-state index contributed by atoms with van der Waals surface area (Å²) < 4.78 is 5.90. The summed E-state index contributed by atoms with van der Waals surface area (Å²) in [5.74, 6) is -2.44. The van der Waals surface area contributed by atoms with E-state index >= 15 is 0 Å². The minimum Gasteiger partial charge on any atom is -0.480 e. The van der Waals surface area contributed by atoms with E-state index in [2.05, 4.69) is 79.2 Å². The molecular weight excluding hydrogens is 717 g/mol. The van der Waals surface area contributed by atoms with Crippen LogP contribution in [0.25, 0.3) is 0 Å². The van der Waals surface area contributed by atoms with Gasteiger partial charge in [-0.05, 0) is 89.5 Å². The number of nitrogens with one attached hydrogen (secondary N) is 2. The summed E-state index contributed by atoms with van der Waals surface area (Å²) in [6, 6.07) is -1.40. The molecule has 0 aliphatic carbocycles. The summed E-state index contributed by atoms with van der Waals surface area (Å²) in [4.78, 5) is 47.6. The number of aliphatic hydroxyl groups is 1. The Kier molecular flexibility index (Phi) is 39.6. The first-order valence-electron chi connectivity index (χ1n) is 22.7. The Morgan fingerprint density at radius 3 is 1.54 bits per heavy atom. The van der Waals surface area contributed by atoms with Gasteiger partial charge in [-0.2, -0.15) is 0 Å². The van der Waals surface area contributed by atoms with E-state index < -0.39 is 24.5 Å². The molecule has 4 N–H and O–H groups in total. The summed E-state index contributed by atoms with van der Waals surface area (Å²) in [5.41, 5.74) is 0. The Morgan fingerprint density at radius 1 is 0.544 bits per heavy atom. The van der Waals surface area contributed by atoms with Gasteiger partial charge in [0.2, 0.25) is 11.8 Å². The van der Waals surface area contributed by atoms with Gasteiger partial charge < -0.3 is 25.6 Å². The Morgan fingerprint density at radius 2 is 1.00 bits per heavy atom. The van der Waals surface area contributed by atoms with E-state index in [9.17, 15) is 19.2 Å². The molecule has 2 amide bonds. The number of amides is 2. The van der Waals surface area contributed by atoms with Crippen LogP contribution in [0.5, 0.6) is 0 Å². The van der Waals surface area contributed by atoms with E-state index in [1.165, 1.54) is 83.5 Å². The van der Waals surface area contributed by atoms with E-state index in [4.69, 9.17) is 14.9 Å². The molecule has 326 valence electrons. The van der Waals surface area contributed by atoms with Gasteiger partial charge >= 0.3 is 11.9 Å². The molecule has 0 aromatic heterocycles. The van der Waals surface area contributed by atoms with Crippen LogP contribution < -0.4 is 10.6 Å². The zero-order valence-electron chi connectivity index (χ0n) is 36.1. The molecule has 9 nitrogen and oxygen atoms in total. The number of aliphatic carboxylic acids is 1. The van der Waals surface area contributed by atoms with Gasteiger partial charge in [-0.25, -0.2) is 4.79 Å². The van der Waals surface area contributed by atoms with Gasteiger partial charge in [-0.15, -0.1) is 0 Å². The van der Waals surface area contributed by atoms with Gasteiger partial charge in [-0.1, -0.05) is 152 Å². The number of hydrogen-bond acceptors (Lipinski definition) is 6. The van der Waals surface area contributed by atoms with Gasteiger partial charge in [0.1, 0.15) is 12.1 Å². The Hall–Kier alpha value is -3.46. The Balaban J connectivity index is 4.29. The number of aliphatic hydroxyl groups excluding tert-OH is 1. The van der Waals surface area contributed by atoms with E-state index in [0.717, 1.165) is 77.0 Å². The summed E-state index contributed by atoms with van der Waals surface area (Å²) in [7, 11) is 0. The highest BCUT2D eigenvalue weighted by atomic mass is 16.5. The molecular formula is C48H82N2O7. The quantitative estimate of drug-likeness (QED) is 0.0275. The van der Waals surface area contributed by atoms with E-state index in [1.54, 1.807) is 0 Å². The molecule has 0 aromatic rings. The molecule has 2 atom stereocenters. The second-order valence-electron chi connectivity index (χ2n) is 15.1. The van der Waals surface area contributed by atoms with E-state index in [-0.39, 0.29) is 30.9 Å². The van der Waals surface area contributed by atoms with Crippen molar-refractivity contribution in [3.63, 3.8) is 0 Å². The van der Waals surface area contributed by atoms with Crippen molar-refractivity contribution in [3.05, 3.63) is 60.8 Å². The van der Waals surface area contributed by atoms with Crippen molar-refractivity contribution in [2.24, 2.45) is 0 Å². The van der Waals surface area contributed by atoms with Crippen molar-refractivity contribution >= 4 is 23.8 Å². The van der Waals surface area contributed by atoms with Crippen molar-refractivity contribution in [2.75, 3.05) is 13.2 Å². The number of unbranched alkanes of at least 4 members (excludes halogenated alkanes) is 18. The summed E-state index contributed by atoms with van der Waals surface area (Å²) in [6.45, 7) is 3.41. The maximum Gasteiger partial charge on any atom is 0.328 e. The number of carboxylic acids is 1. The monoisotopic (exact) mass is 799 g/mol. The predicted octanol–water partition coefficient (Wildman–Crippen LogP) is 11.3. The van der Waals surface area contributed by atoms with E-state index in [1.807, 2.05) is 6.08 Å². The maximum absolute atomic E-state index is 12.7. The van der Waals surface area contributed by atoms with Crippen LogP contribution in [0.2, 0.25) is 0 Å². The fourth-order valence-electron chi connectivity index (χ4n) is 6.20. The number of esters is 1. The van der Waals surface area contributed by atoms with Gasteiger partial charge in [0.05, 0.1) is 13.2 Å². The third-order valence-electron chi connectivity index (χ3n) is 9.72. The lowest BCUT2D eigenvalue weighted by atomic mass is 10.1. The molecule has 0 bridgehead atoms. The number of carbonyl (C=O) groups excluding carboxylic acids is 3. The molecule has 0 saturated heterocycles. The van der Waals surface area contributed by atoms with Crippen LogP contribution in [0.15, 0.2) is 60.8 Å². The zero-order chi connectivity index (χ0) is 41.9. The lowest BCUT2D eigenvalue weighted by Gasteiger charge is -2.15. The summed E-state index contributed by atoms with van der Waals surface area (Å²) in [5, 5.41) is 22.5. The minimum atomic E-state index is -1.40. The van der Waals surface area contributed by atoms with Crippen LogP contribution in [-0.2, 0) is 23.9 Å². The molecule has 0 saturated carbocycles. The fourth-order valence-corrected chi connectivity index (χ4v) is 6.20. The normalized spacial score (nSPS) is 13.0. The van der Waals surface area contributed by atoms with Crippen molar-refractivity contribution in [2.45, 2.75) is 206 Å². The number of rotatable bonds is 40. The number of carbonyl (C=O) groups is 4. The topological polar surface area (TPSA) is 142 Å². The van der Waals surface area contributed by atoms with Crippen LogP contribution in [0.3, 0.4) is 0 Å². The first-order chi connectivity index (χ1) is 27.8. The molecule has 9 heteroatoms. The molecule has 0 heterocycles. The van der Waals surface area contributed by atoms with Crippen LogP contribution in [0, 0.1) is 0 Å². The third-order valence-corrected chi connectivity index (χ3v) is 9.72. The maximum atomic E-state index is 12.7. The molecule has 0 aliphatic heterocycles. The summed E-state index contributed by atoms with van der Waals surface area (Å²) in [6.07, 6.45) is 51.2. The lowest BCUT2D eigenvalue weighted by molar-refractivity contribution is -0.147. The van der Waals surface area contributed by atoms with Gasteiger partial charge in [0.15, 0.2) is 0 Å². The SMILES string of the molecule is CCCCCC/C=C\C/C=C\C(CCCCCCC(=O)NCC(=O)NC(CO)C(=O)O)OC(=O)CCCCCCCC/C=C\C/C=C\C/C=C\CCCCCCC. The predicted molar refractivity (Wildman–Crippen MR) is 236 cm³/mol. The minimum absolute atomic E-state index is 0.140. The van der Waals surface area contributed by atoms with Crippen molar-refractivity contribution in [1.29, 1.82) is 0 Å². The van der Waals surface area contributed by atoms with Crippen molar-refractivity contribution in [1.82, 2.24) is 10.6 Å². The first kappa shape index (κ1) is 53.5. The average Bonchev–Trinajstić information content (AvgIpc) is 3.20. The highest BCUT2D eigenvalue weighted by Gasteiger charge is 2.18. The Labute approximate surface area is 347 Å². The molecule has 57 heavy (non-hydrogen) atoms. The average molecular weight is 799 g/mol. The summed E-state index contributed by atoms with van der Waals surface area (Å²) >= 11 is 0. The van der Waals surface area contributed by atoms with Crippen LogP contribution in [-0.4, -0.2) is 59.3 Å². The molecule has 0 rings (SSSR count). The second kappa shape index (κ2) is 42.2. The molecule has 2 unspecified atom stereocenters. The van der Waals surface area contributed by atoms with Crippen molar-refractivity contribution in [3.8, 4) is 0 Å². The van der Waals surface area contributed by atoms with Gasteiger partial charge in [0, 0.05) is 12.8 Å². The Bertz CT molecular complexity index is 1140. The van der Waals surface area contributed by atoms with Gasteiger partial charge in [-0.3, -0.25) is 14.4 Å². The lowest BCUT2D eigenvalue weighted by Crippen LogP contribution is -2.47. The highest BCUT2D eigenvalue weighted by Crippen LogP contribution is 2.15. The number of carboxylic acid groups (broad SMARTS) is 1. The highest BCUT2D eigenvalue weighted by molar-refractivity contribution is 5.87. The smallest absolute Gasteiger partial charge is 0.328 e. The number of ether oxygens (including phenoxy) is 1. The number of hydrogen-bond donors (Lipinski definition) is 4. The van der Waals surface area contributed by atoms with Gasteiger partial charge in [0.25, 0.3) is 0 Å². The van der Waals surface area contributed by atoms with E-state index in [0.29, 0.717) is 12.8 Å². The number of allylic oxidation sites excluding steroid dienone is 9. The van der Waals surface area contributed by atoms with Crippen LogP contribution in [0.1, 0.15) is 194 Å². The van der Waals surface area contributed by atoms with Crippen molar-refractivity contribution < 1.29 is 34.1 Å². The largest absolute Gasteiger partial charge is 0.480 e. The standard InChI is InChI=1S/C48H82N2O7/c1-3-5-7-9-11-13-14-15-16-17-18-19-20-21-22-23-24-26-28-30-36-40-47(54)57-43(37-33-29-27-25-12-10-8-6-4-2)38-34-31-32-35-39-45(52)49-41-46(53)50-44(42-51)48(55)56/h14-15,17-18,20-21,25,27,33,37,43-44,51H,3-13,16,19,22-24,26,28-32,34-36,38-42H2,1-2H3,(H,49,52)(H,50,53)(H,55,56)/b15-14-,18-17-,21-20-,27-25-,37-33-. The van der Waals surface area contributed by atoms with Crippen LogP contribution in [0.4, 0.5) is 0 Å². The molecule has 0 radical (unpaired) electrons. The third kappa shape index (κ3) is 39.2. The molecule has 0 aromatic carbocycles. The first-order valence-corrected chi connectivity index (χ1v) is 22.7. The molecule has 0 aliphatic rings.